The highest BCUT2D eigenvalue weighted by Crippen LogP contribution is 2.18. The highest BCUT2D eigenvalue weighted by molar-refractivity contribution is 6.30. The van der Waals surface area contributed by atoms with Gasteiger partial charge in [0.15, 0.2) is 6.54 Å². The molecular weight excluding hydrogens is 316 g/mol. The maximum Gasteiger partial charge on any atom is 0.322 e. The van der Waals surface area contributed by atoms with Crippen molar-refractivity contribution in [2.24, 2.45) is 0 Å². The number of urea groups is 1. The molecule has 3 amide bonds. The summed E-state index contributed by atoms with van der Waals surface area (Å²) < 4.78 is 0. The maximum absolute atomic E-state index is 12.2. The zero-order valence-corrected chi connectivity index (χ0v) is 13.7. The Hall–Kier alpha value is -1.79. The first kappa shape index (κ1) is 16.1. The highest BCUT2D eigenvalue weighted by atomic mass is 35.5. The van der Waals surface area contributed by atoms with Gasteiger partial charge in [-0.05, 0) is 37.1 Å². The van der Waals surface area contributed by atoms with E-state index in [0.717, 1.165) is 31.6 Å². The number of nitrogens with one attached hydrogen (secondary N) is 3. The fourth-order valence-corrected chi connectivity index (χ4v) is 2.80. The van der Waals surface area contributed by atoms with Gasteiger partial charge in [0.1, 0.15) is 0 Å². The third kappa shape index (κ3) is 4.84. The lowest BCUT2D eigenvalue weighted by Crippen LogP contribution is -3.15. The molecule has 1 aliphatic heterocycles. The van der Waals surface area contributed by atoms with E-state index in [1.807, 2.05) is 0 Å². The lowest BCUT2D eigenvalue weighted by Gasteiger charge is -2.31. The third-order valence-corrected chi connectivity index (χ3v) is 4.46. The van der Waals surface area contributed by atoms with E-state index in [-0.39, 0.29) is 11.9 Å². The number of benzene rings is 1. The van der Waals surface area contributed by atoms with Crippen LogP contribution in [0.3, 0.4) is 0 Å². The fraction of sp³-hybridized carbons (Fsp3) is 0.500. The fourth-order valence-electron chi connectivity index (χ4n) is 2.67. The number of quaternary nitrogens is 1. The number of hydrogen-bond donors (Lipinski definition) is 3. The summed E-state index contributed by atoms with van der Waals surface area (Å²) in [6.45, 7) is 3.42. The molecule has 0 unspecified atom stereocenters. The number of anilines is 1. The standard InChI is InChI=1S/C16H21ClN4O2/c17-12-1-3-14(4-2-12)19-16(23)21-9-7-20(8-10-21)11-15(22)18-13-5-6-13/h1-4,13H,5-11H2,(H,18,22)(H,19,23)/p+1. The van der Waals surface area contributed by atoms with Crippen LogP contribution >= 0.6 is 11.6 Å². The van der Waals surface area contributed by atoms with E-state index in [0.29, 0.717) is 30.7 Å². The number of nitrogens with zero attached hydrogens (tertiary/aromatic N) is 1. The summed E-state index contributed by atoms with van der Waals surface area (Å²) >= 11 is 5.83. The van der Waals surface area contributed by atoms with E-state index >= 15 is 0 Å². The molecule has 1 saturated carbocycles. The number of piperazine rings is 1. The summed E-state index contributed by atoms with van der Waals surface area (Å²) in [5.74, 6) is 0.126. The van der Waals surface area contributed by atoms with Crippen molar-refractivity contribution in [2.75, 3.05) is 38.0 Å². The molecule has 2 aliphatic rings. The van der Waals surface area contributed by atoms with Crippen molar-refractivity contribution >= 4 is 29.2 Å². The normalized spacial score (nSPS) is 18.6. The quantitative estimate of drug-likeness (QED) is 0.742. The van der Waals surface area contributed by atoms with Crippen LogP contribution in [0.5, 0.6) is 0 Å². The van der Waals surface area contributed by atoms with Gasteiger partial charge in [-0.25, -0.2) is 4.79 Å². The Balaban J connectivity index is 1.41. The number of hydrogen-bond acceptors (Lipinski definition) is 2. The lowest BCUT2D eigenvalue weighted by atomic mass is 10.3. The second kappa shape index (κ2) is 7.19. The first-order chi connectivity index (χ1) is 11.1. The van der Waals surface area contributed by atoms with E-state index < -0.39 is 0 Å². The van der Waals surface area contributed by atoms with Gasteiger partial charge in [-0.15, -0.1) is 0 Å². The number of carbonyl (C=O) groups is 2. The molecule has 1 saturated heterocycles. The van der Waals surface area contributed by atoms with Crippen LogP contribution in [0.15, 0.2) is 24.3 Å². The van der Waals surface area contributed by atoms with E-state index in [1.54, 1.807) is 29.2 Å². The van der Waals surface area contributed by atoms with Gasteiger partial charge in [-0.2, -0.15) is 0 Å². The number of rotatable bonds is 4. The molecule has 3 rings (SSSR count). The Labute approximate surface area is 140 Å². The van der Waals surface area contributed by atoms with Crippen LogP contribution in [0.2, 0.25) is 5.02 Å². The summed E-state index contributed by atoms with van der Waals surface area (Å²) in [6, 6.07) is 7.37. The van der Waals surface area contributed by atoms with Crippen LogP contribution in [0, 0.1) is 0 Å². The lowest BCUT2D eigenvalue weighted by molar-refractivity contribution is -0.896. The van der Waals surface area contributed by atoms with Gasteiger partial charge in [-0.1, -0.05) is 11.6 Å². The van der Waals surface area contributed by atoms with E-state index in [4.69, 9.17) is 11.6 Å². The predicted molar refractivity (Wildman–Crippen MR) is 88.8 cm³/mol. The Kier molecular flexibility index (Phi) is 5.03. The minimum Gasteiger partial charge on any atom is -0.348 e. The second-order valence-corrected chi connectivity index (χ2v) is 6.63. The maximum atomic E-state index is 12.2. The average Bonchev–Trinajstić information content (AvgIpc) is 3.34. The molecule has 2 fully saturated rings. The van der Waals surface area contributed by atoms with Gasteiger partial charge in [0, 0.05) is 16.8 Å². The molecule has 0 aromatic heterocycles. The Morgan fingerprint density at radius 1 is 1.17 bits per heavy atom. The zero-order valence-electron chi connectivity index (χ0n) is 13.0. The molecular formula is C16H22ClN4O2+. The molecule has 124 valence electrons. The van der Waals surface area contributed by atoms with Crippen LogP contribution < -0.4 is 15.5 Å². The van der Waals surface area contributed by atoms with Crippen LogP contribution in [-0.4, -0.2) is 55.6 Å². The van der Waals surface area contributed by atoms with Gasteiger partial charge in [0.2, 0.25) is 0 Å². The van der Waals surface area contributed by atoms with Crippen LogP contribution in [0.4, 0.5) is 10.5 Å². The van der Waals surface area contributed by atoms with Crippen molar-refractivity contribution < 1.29 is 14.5 Å². The molecule has 1 aliphatic carbocycles. The zero-order chi connectivity index (χ0) is 16.2. The Bertz CT molecular complexity index is 566. The third-order valence-electron chi connectivity index (χ3n) is 4.21. The summed E-state index contributed by atoms with van der Waals surface area (Å²) in [5, 5.41) is 6.52. The SMILES string of the molecule is O=C(C[NH+]1CCN(C(=O)Nc2ccc(Cl)cc2)CC1)NC1CC1. The number of amides is 3. The average molecular weight is 338 g/mol. The van der Waals surface area contributed by atoms with Gasteiger partial charge in [0.25, 0.3) is 5.91 Å². The molecule has 1 aromatic rings. The van der Waals surface area contributed by atoms with Crippen LogP contribution in [0.1, 0.15) is 12.8 Å². The van der Waals surface area contributed by atoms with Crippen molar-refractivity contribution in [2.45, 2.75) is 18.9 Å². The minimum absolute atomic E-state index is 0.103. The van der Waals surface area contributed by atoms with E-state index in [2.05, 4.69) is 10.6 Å². The second-order valence-electron chi connectivity index (χ2n) is 6.19. The van der Waals surface area contributed by atoms with Crippen LogP contribution in [0.25, 0.3) is 0 Å². The van der Waals surface area contributed by atoms with Crippen molar-refractivity contribution in [3.63, 3.8) is 0 Å². The van der Waals surface area contributed by atoms with E-state index in [1.165, 1.54) is 4.90 Å². The number of halogens is 1. The molecule has 1 heterocycles. The summed E-state index contributed by atoms with van der Waals surface area (Å²) in [7, 11) is 0. The molecule has 7 heteroatoms. The summed E-state index contributed by atoms with van der Waals surface area (Å²) in [4.78, 5) is 27.1. The molecule has 0 radical (unpaired) electrons. The molecule has 0 atom stereocenters. The molecule has 23 heavy (non-hydrogen) atoms. The van der Waals surface area contributed by atoms with Gasteiger partial charge >= 0.3 is 6.03 Å². The minimum atomic E-state index is -0.103. The van der Waals surface area contributed by atoms with Crippen molar-refractivity contribution in [1.29, 1.82) is 0 Å². The van der Waals surface area contributed by atoms with Gasteiger partial charge in [-0.3, -0.25) is 4.79 Å². The largest absolute Gasteiger partial charge is 0.348 e. The van der Waals surface area contributed by atoms with Crippen molar-refractivity contribution in [3.05, 3.63) is 29.3 Å². The molecule has 1 aromatic carbocycles. The first-order valence-corrected chi connectivity index (χ1v) is 8.42. The van der Waals surface area contributed by atoms with Gasteiger partial charge < -0.3 is 20.4 Å². The Morgan fingerprint density at radius 3 is 2.43 bits per heavy atom. The predicted octanol–water partition coefficient (Wildman–Crippen LogP) is 0.351. The monoisotopic (exact) mass is 337 g/mol. The Morgan fingerprint density at radius 2 is 1.83 bits per heavy atom. The van der Waals surface area contributed by atoms with Crippen LogP contribution in [-0.2, 0) is 4.79 Å². The van der Waals surface area contributed by atoms with Crippen molar-refractivity contribution in [1.82, 2.24) is 10.2 Å². The van der Waals surface area contributed by atoms with Crippen molar-refractivity contribution in [3.8, 4) is 0 Å². The molecule has 0 bridgehead atoms. The number of carbonyl (C=O) groups excluding carboxylic acids is 2. The first-order valence-electron chi connectivity index (χ1n) is 8.04. The van der Waals surface area contributed by atoms with Gasteiger partial charge in [0.05, 0.1) is 26.2 Å². The molecule has 6 nitrogen and oxygen atoms in total. The highest BCUT2D eigenvalue weighted by Gasteiger charge is 2.28. The summed E-state index contributed by atoms with van der Waals surface area (Å²) in [5.41, 5.74) is 0.734. The smallest absolute Gasteiger partial charge is 0.322 e. The van der Waals surface area contributed by atoms with E-state index in [9.17, 15) is 9.59 Å². The molecule has 0 spiro atoms. The molecule has 3 N–H and O–H groups in total. The topological polar surface area (TPSA) is 65.9 Å². The summed E-state index contributed by atoms with van der Waals surface area (Å²) in [6.07, 6.45) is 2.22.